The fraction of sp³-hybridized carbons (Fsp3) is 0.522. The Labute approximate surface area is 188 Å². The number of hydrogen-bond donors (Lipinski definition) is 1. The molecule has 3 aliphatic heterocycles. The number of benzene rings is 1. The molecule has 0 aliphatic carbocycles. The summed E-state index contributed by atoms with van der Waals surface area (Å²) in [7, 11) is 0. The lowest BCUT2D eigenvalue weighted by Crippen LogP contribution is -2.49. The number of nitrogens with zero attached hydrogens (tertiary/aromatic N) is 4. The van der Waals surface area contributed by atoms with Crippen molar-refractivity contribution in [2.75, 3.05) is 39.3 Å². The van der Waals surface area contributed by atoms with Gasteiger partial charge in [-0.15, -0.1) is 4.91 Å². The summed E-state index contributed by atoms with van der Waals surface area (Å²) in [6.07, 6.45) is 8.85. The highest BCUT2D eigenvalue weighted by molar-refractivity contribution is 6.31. The molecule has 2 fully saturated rings. The highest BCUT2D eigenvalue weighted by Crippen LogP contribution is 2.23. The maximum Gasteiger partial charge on any atom is 0.332 e. The molecule has 1 N–H and O–H groups in total. The highest BCUT2D eigenvalue weighted by Gasteiger charge is 2.29. The van der Waals surface area contributed by atoms with Crippen molar-refractivity contribution < 1.29 is 4.79 Å². The fourth-order valence-electron chi connectivity index (χ4n) is 4.82. The maximum atomic E-state index is 11.6. The van der Waals surface area contributed by atoms with Gasteiger partial charge in [0.2, 0.25) is 0 Å². The number of allylic oxidation sites excluding steroid dienone is 2. The number of nitrogens with one attached hydrogen (secondary N) is 1. The maximum absolute atomic E-state index is 11.6. The molecule has 0 radical (unpaired) electrons. The SMILES string of the molecule is O=NC(=O)C1=CC=CC(N2CCCN(C3CCN(Cc4ccccc4Cl)CC3)CC2)N1. The average Bonchev–Trinajstić information content (AvgIpc) is 3.07. The first-order valence-corrected chi connectivity index (χ1v) is 11.5. The van der Waals surface area contributed by atoms with E-state index >= 15 is 0 Å². The summed E-state index contributed by atoms with van der Waals surface area (Å²) in [5, 5.41) is 6.53. The molecule has 31 heavy (non-hydrogen) atoms. The molecule has 3 aliphatic rings. The van der Waals surface area contributed by atoms with Crippen LogP contribution >= 0.6 is 11.6 Å². The zero-order chi connectivity index (χ0) is 21.6. The summed E-state index contributed by atoms with van der Waals surface area (Å²) in [5.74, 6) is -0.741. The van der Waals surface area contributed by atoms with Crippen molar-refractivity contribution in [3.8, 4) is 0 Å². The lowest BCUT2D eigenvalue weighted by Gasteiger charge is -2.38. The molecular formula is C23H30ClN5O2. The van der Waals surface area contributed by atoms with Gasteiger partial charge >= 0.3 is 5.91 Å². The van der Waals surface area contributed by atoms with Crippen LogP contribution in [0.3, 0.4) is 0 Å². The van der Waals surface area contributed by atoms with Crippen LogP contribution in [0.25, 0.3) is 0 Å². The second-order valence-corrected chi connectivity index (χ2v) is 8.88. The predicted octanol–water partition coefficient (Wildman–Crippen LogP) is 2.97. The molecule has 1 unspecified atom stereocenters. The molecule has 166 valence electrons. The van der Waals surface area contributed by atoms with Crippen LogP contribution in [0.1, 0.15) is 24.8 Å². The zero-order valence-electron chi connectivity index (χ0n) is 17.8. The van der Waals surface area contributed by atoms with E-state index in [2.05, 4.69) is 37.3 Å². The van der Waals surface area contributed by atoms with E-state index in [4.69, 9.17) is 11.6 Å². The Morgan fingerprint density at radius 2 is 1.81 bits per heavy atom. The molecule has 0 spiro atoms. The first-order valence-electron chi connectivity index (χ1n) is 11.1. The summed E-state index contributed by atoms with van der Waals surface area (Å²) in [6, 6.07) is 8.73. The van der Waals surface area contributed by atoms with Crippen molar-refractivity contribution in [2.24, 2.45) is 5.18 Å². The minimum atomic E-state index is -0.741. The van der Waals surface area contributed by atoms with Crippen molar-refractivity contribution in [1.82, 2.24) is 20.0 Å². The molecule has 0 bridgehead atoms. The number of rotatable bonds is 5. The van der Waals surface area contributed by atoms with Gasteiger partial charge in [-0.05, 0) is 62.7 Å². The zero-order valence-corrected chi connectivity index (χ0v) is 18.5. The third-order valence-corrected chi connectivity index (χ3v) is 6.93. The van der Waals surface area contributed by atoms with E-state index in [1.165, 1.54) is 18.4 Å². The van der Waals surface area contributed by atoms with Crippen LogP contribution in [-0.4, -0.2) is 72.1 Å². The van der Waals surface area contributed by atoms with Crippen molar-refractivity contribution in [2.45, 2.75) is 38.0 Å². The first kappa shape index (κ1) is 22.1. The lowest BCUT2D eigenvalue weighted by molar-refractivity contribution is -0.115. The van der Waals surface area contributed by atoms with Gasteiger partial charge in [-0.2, -0.15) is 0 Å². The first-order chi connectivity index (χ1) is 15.1. The van der Waals surface area contributed by atoms with Crippen LogP contribution in [0.4, 0.5) is 0 Å². The van der Waals surface area contributed by atoms with Crippen LogP contribution in [-0.2, 0) is 11.3 Å². The molecule has 3 heterocycles. The van der Waals surface area contributed by atoms with Gasteiger partial charge in [0, 0.05) is 42.4 Å². The van der Waals surface area contributed by atoms with Crippen molar-refractivity contribution >= 4 is 17.5 Å². The van der Waals surface area contributed by atoms with Crippen molar-refractivity contribution in [3.05, 3.63) is 63.7 Å². The van der Waals surface area contributed by atoms with Crippen LogP contribution in [0.15, 0.2) is 53.4 Å². The molecule has 1 atom stereocenters. The number of likely N-dealkylation sites (tertiary alicyclic amines) is 1. The molecule has 2 saturated heterocycles. The Hall–Kier alpha value is -2.06. The Morgan fingerprint density at radius 1 is 1.06 bits per heavy atom. The number of carbonyl (C=O) groups excluding carboxylic acids is 1. The van der Waals surface area contributed by atoms with Gasteiger partial charge in [0.15, 0.2) is 0 Å². The number of amides is 1. The highest BCUT2D eigenvalue weighted by atomic mass is 35.5. The number of carbonyl (C=O) groups is 1. The smallest absolute Gasteiger partial charge is 0.332 e. The second kappa shape index (κ2) is 10.5. The summed E-state index contributed by atoms with van der Waals surface area (Å²) in [5.41, 5.74) is 1.48. The fourth-order valence-corrected chi connectivity index (χ4v) is 5.01. The van der Waals surface area contributed by atoms with Gasteiger partial charge in [-0.1, -0.05) is 35.9 Å². The average molecular weight is 444 g/mol. The van der Waals surface area contributed by atoms with Gasteiger partial charge in [-0.3, -0.25) is 19.5 Å². The van der Waals surface area contributed by atoms with Crippen LogP contribution < -0.4 is 5.32 Å². The second-order valence-electron chi connectivity index (χ2n) is 8.48. The van der Waals surface area contributed by atoms with Gasteiger partial charge in [-0.25, -0.2) is 0 Å². The van der Waals surface area contributed by atoms with Gasteiger partial charge in [0.1, 0.15) is 5.70 Å². The Kier molecular flexibility index (Phi) is 7.50. The molecule has 8 heteroatoms. The summed E-state index contributed by atoms with van der Waals surface area (Å²) >= 11 is 6.33. The van der Waals surface area contributed by atoms with E-state index in [1.807, 2.05) is 24.3 Å². The molecule has 0 saturated carbocycles. The molecule has 1 amide bonds. The summed E-state index contributed by atoms with van der Waals surface area (Å²) in [4.78, 5) is 29.6. The number of hydrogen-bond acceptors (Lipinski definition) is 6. The molecule has 1 aromatic carbocycles. The van der Waals surface area contributed by atoms with Gasteiger partial charge < -0.3 is 5.32 Å². The molecule has 7 nitrogen and oxygen atoms in total. The number of halogens is 1. The van der Waals surface area contributed by atoms with Crippen LogP contribution in [0, 0.1) is 4.91 Å². The predicted molar refractivity (Wildman–Crippen MR) is 122 cm³/mol. The molecule has 0 aromatic heterocycles. The van der Waals surface area contributed by atoms with E-state index in [9.17, 15) is 9.70 Å². The summed E-state index contributed by atoms with van der Waals surface area (Å²) < 4.78 is 0. The van der Waals surface area contributed by atoms with E-state index in [1.54, 1.807) is 6.08 Å². The normalized spacial score (nSPS) is 24.3. The van der Waals surface area contributed by atoms with E-state index in [0.717, 1.165) is 57.3 Å². The van der Waals surface area contributed by atoms with Gasteiger partial charge in [0.05, 0.1) is 6.17 Å². The van der Waals surface area contributed by atoms with E-state index < -0.39 is 5.91 Å². The Balaban J connectivity index is 1.26. The minimum absolute atomic E-state index is 0.0666. The molecule has 1 aromatic rings. The van der Waals surface area contributed by atoms with Crippen LogP contribution in [0.5, 0.6) is 0 Å². The molecular weight excluding hydrogens is 414 g/mol. The number of nitroso groups, excluding NO2 is 1. The minimum Gasteiger partial charge on any atom is -0.362 e. The molecule has 4 rings (SSSR count). The van der Waals surface area contributed by atoms with E-state index in [0.29, 0.717) is 6.04 Å². The summed E-state index contributed by atoms with van der Waals surface area (Å²) in [6.45, 7) is 7.11. The number of piperidine rings is 1. The largest absolute Gasteiger partial charge is 0.362 e. The van der Waals surface area contributed by atoms with E-state index in [-0.39, 0.29) is 11.9 Å². The van der Waals surface area contributed by atoms with Crippen molar-refractivity contribution in [3.63, 3.8) is 0 Å². The monoisotopic (exact) mass is 443 g/mol. The third kappa shape index (κ3) is 5.60. The van der Waals surface area contributed by atoms with Gasteiger partial charge in [0.25, 0.3) is 0 Å². The van der Waals surface area contributed by atoms with Crippen LogP contribution in [0.2, 0.25) is 5.02 Å². The standard InChI is InChI=1S/C23H30ClN5O2/c24-20-6-2-1-5-18(20)17-27-13-9-19(10-14-27)28-11-4-12-29(16-15-28)22-8-3-7-21(25-22)23(30)26-31/h1-3,5-8,19,22,25H,4,9-17H2. The van der Waals surface area contributed by atoms with Crippen molar-refractivity contribution in [1.29, 1.82) is 0 Å². The number of dihydropyridines is 1. The lowest BCUT2D eigenvalue weighted by atomic mass is 10.0. The Bertz CT molecular complexity index is 850. The quantitative estimate of drug-likeness (QED) is 0.705. The topological polar surface area (TPSA) is 68.2 Å². The third-order valence-electron chi connectivity index (χ3n) is 6.56. The Morgan fingerprint density at radius 3 is 2.58 bits per heavy atom.